The lowest BCUT2D eigenvalue weighted by Crippen LogP contribution is -2.59. The van der Waals surface area contributed by atoms with Crippen molar-refractivity contribution in [2.24, 2.45) is 5.73 Å². The van der Waals surface area contributed by atoms with Gasteiger partial charge in [0.15, 0.2) is 0 Å². The van der Waals surface area contributed by atoms with Crippen LogP contribution < -0.4 is 16.4 Å². The van der Waals surface area contributed by atoms with Gasteiger partial charge in [-0.05, 0) is 78.0 Å². The predicted molar refractivity (Wildman–Crippen MR) is 152 cm³/mol. The first-order valence-corrected chi connectivity index (χ1v) is 13.8. The minimum Gasteiger partial charge on any atom is -0.444 e. The second-order valence-electron chi connectivity index (χ2n) is 12.2. The summed E-state index contributed by atoms with van der Waals surface area (Å²) in [4.78, 5) is 54.1. The fourth-order valence-corrected chi connectivity index (χ4v) is 4.81. The van der Waals surface area contributed by atoms with Gasteiger partial charge in [0, 0.05) is 18.0 Å². The van der Waals surface area contributed by atoms with Crippen LogP contribution in [0.5, 0.6) is 0 Å². The Morgan fingerprint density at radius 2 is 1.74 bits per heavy atom. The molecule has 0 radical (unpaired) electrons. The minimum atomic E-state index is -1.14. The van der Waals surface area contributed by atoms with Crippen LogP contribution in [0.1, 0.15) is 104 Å². The first-order chi connectivity index (χ1) is 18.1. The first kappa shape index (κ1) is 31.9. The molecule has 1 aromatic rings. The normalized spacial score (nSPS) is 15.9. The summed E-state index contributed by atoms with van der Waals surface area (Å²) in [6.45, 7) is 14.5. The Balaban J connectivity index is 2.55. The summed E-state index contributed by atoms with van der Waals surface area (Å²) < 4.78 is 5.39. The monoisotopic (exact) mass is 542 g/mol. The van der Waals surface area contributed by atoms with E-state index in [9.17, 15) is 19.2 Å². The van der Waals surface area contributed by atoms with Crippen molar-refractivity contribution in [2.75, 3.05) is 0 Å². The molecule has 2 rings (SSSR count). The Bertz CT molecular complexity index is 1030. The van der Waals surface area contributed by atoms with E-state index in [-0.39, 0.29) is 24.8 Å². The molecule has 9 heteroatoms. The van der Waals surface area contributed by atoms with Crippen LogP contribution in [0.2, 0.25) is 0 Å². The Morgan fingerprint density at radius 3 is 2.28 bits per heavy atom. The second kappa shape index (κ2) is 13.6. The van der Waals surface area contributed by atoms with Crippen molar-refractivity contribution in [3.8, 4) is 0 Å². The summed E-state index contributed by atoms with van der Waals surface area (Å²) >= 11 is 0. The fourth-order valence-electron chi connectivity index (χ4n) is 4.81. The number of primary amides is 1. The molecule has 0 spiro atoms. The van der Waals surface area contributed by atoms with Crippen LogP contribution in [0.25, 0.3) is 6.08 Å². The van der Waals surface area contributed by atoms with Crippen LogP contribution in [0, 0.1) is 0 Å². The molecule has 1 aliphatic rings. The maximum absolute atomic E-state index is 14.3. The van der Waals surface area contributed by atoms with Gasteiger partial charge in [0.05, 0.1) is 0 Å². The van der Waals surface area contributed by atoms with E-state index in [0.29, 0.717) is 5.56 Å². The predicted octanol–water partition coefficient (Wildman–Crippen LogP) is 4.61. The molecule has 0 saturated heterocycles. The average molecular weight is 543 g/mol. The summed E-state index contributed by atoms with van der Waals surface area (Å²) in [5.41, 5.74) is 5.19. The third kappa shape index (κ3) is 10.0. The largest absolute Gasteiger partial charge is 0.444 e. The summed E-state index contributed by atoms with van der Waals surface area (Å²) in [7, 11) is 0. The number of nitrogens with zero attached hydrogens (tertiary/aromatic N) is 1. The molecule has 4 N–H and O–H groups in total. The number of carbonyl (C=O) groups is 4. The van der Waals surface area contributed by atoms with Crippen molar-refractivity contribution in [3.05, 3.63) is 42.0 Å². The number of rotatable bonds is 10. The highest BCUT2D eigenvalue weighted by molar-refractivity contribution is 5.93. The number of amides is 4. The van der Waals surface area contributed by atoms with E-state index in [2.05, 4.69) is 17.2 Å². The Hall–Kier alpha value is -3.36. The summed E-state index contributed by atoms with van der Waals surface area (Å²) in [5, 5.41) is 5.80. The van der Waals surface area contributed by atoms with Crippen LogP contribution in [-0.2, 0) is 19.1 Å². The number of alkyl carbamates (subject to hydrolysis) is 1. The number of ether oxygens (including phenoxy) is 1. The first-order valence-electron chi connectivity index (χ1n) is 13.8. The third-order valence-electron chi connectivity index (χ3n) is 6.55. The number of nitrogens with two attached hydrogens (primary N) is 1. The molecule has 0 aliphatic heterocycles. The Labute approximate surface area is 232 Å². The van der Waals surface area contributed by atoms with Gasteiger partial charge >= 0.3 is 6.09 Å². The quantitative estimate of drug-likeness (QED) is 0.398. The molecular formula is C30H46N4O5. The van der Waals surface area contributed by atoms with E-state index in [0.717, 1.165) is 37.7 Å². The maximum Gasteiger partial charge on any atom is 0.408 e. The van der Waals surface area contributed by atoms with E-state index in [4.69, 9.17) is 10.5 Å². The molecule has 1 saturated carbocycles. The van der Waals surface area contributed by atoms with Crippen molar-refractivity contribution < 1.29 is 23.9 Å². The lowest BCUT2D eigenvalue weighted by Gasteiger charge is -2.43. The van der Waals surface area contributed by atoms with Crippen LogP contribution in [0.4, 0.5) is 4.79 Å². The smallest absolute Gasteiger partial charge is 0.408 e. The zero-order chi connectivity index (χ0) is 29.4. The molecule has 0 heterocycles. The van der Waals surface area contributed by atoms with Gasteiger partial charge in [0.1, 0.15) is 17.7 Å². The average Bonchev–Trinajstić information content (AvgIpc) is 2.83. The van der Waals surface area contributed by atoms with Gasteiger partial charge in [-0.3, -0.25) is 14.4 Å². The zero-order valence-electron chi connectivity index (χ0n) is 24.3. The molecule has 1 fully saturated rings. The van der Waals surface area contributed by atoms with Gasteiger partial charge in [-0.25, -0.2) is 4.79 Å². The van der Waals surface area contributed by atoms with Crippen molar-refractivity contribution in [1.29, 1.82) is 0 Å². The van der Waals surface area contributed by atoms with Gasteiger partial charge in [0.2, 0.25) is 17.7 Å². The van der Waals surface area contributed by atoms with Gasteiger partial charge < -0.3 is 26.0 Å². The van der Waals surface area contributed by atoms with Crippen LogP contribution in [0.15, 0.2) is 30.8 Å². The van der Waals surface area contributed by atoms with Crippen molar-refractivity contribution in [1.82, 2.24) is 15.5 Å². The fraction of sp³-hybridized carbons (Fsp3) is 0.600. The van der Waals surface area contributed by atoms with E-state index < -0.39 is 41.1 Å². The molecule has 1 aromatic carbocycles. The number of carbonyl (C=O) groups excluding carboxylic acids is 4. The molecule has 0 aromatic heterocycles. The molecule has 216 valence electrons. The molecule has 2 atom stereocenters. The number of hydrogen-bond acceptors (Lipinski definition) is 5. The lowest BCUT2D eigenvalue weighted by atomic mass is 9.92. The lowest BCUT2D eigenvalue weighted by molar-refractivity contribution is -0.149. The molecule has 0 bridgehead atoms. The highest BCUT2D eigenvalue weighted by Crippen LogP contribution is 2.32. The van der Waals surface area contributed by atoms with Crippen LogP contribution in [0.3, 0.4) is 0 Å². The zero-order valence-corrected chi connectivity index (χ0v) is 24.3. The Kier molecular flexibility index (Phi) is 11.1. The number of nitrogens with one attached hydrogen (secondary N) is 2. The van der Waals surface area contributed by atoms with Crippen LogP contribution in [-0.4, -0.2) is 51.9 Å². The second-order valence-corrected chi connectivity index (χ2v) is 12.2. The maximum atomic E-state index is 14.3. The van der Waals surface area contributed by atoms with Gasteiger partial charge in [-0.15, -0.1) is 0 Å². The van der Waals surface area contributed by atoms with E-state index in [1.807, 2.05) is 45.0 Å². The number of hydrogen-bond donors (Lipinski definition) is 3. The highest BCUT2D eigenvalue weighted by Gasteiger charge is 2.42. The summed E-state index contributed by atoms with van der Waals surface area (Å²) in [6, 6.07) is 5.24. The third-order valence-corrected chi connectivity index (χ3v) is 6.55. The molecular weight excluding hydrogens is 496 g/mol. The summed E-state index contributed by atoms with van der Waals surface area (Å²) in [5.74, 6) is -1.41. The van der Waals surface area contributed by atoms with Gasteiger partial charge in [-0.2, -0.15) is 0 Å². The standard InChI is InChI=1S/C30H46N4O5/c1-8-20-13-12-14-21(19-20)25(26(36)32-22-15-10-9-11-16-22)34(29(2,3)4)27(37)23(17-18-24(31)35)33-28(38)39-30(5,6)7/h8,12-14,19,22-23,25H,1,9-11,15-18H2,2-7H3,(H2,31,35)(H,32,36)(H,33,38). The van der Waals surface area contributed by atoms with Gasteiger partial charge in [-0.1, -0.05) is 50.1 Å². The minimum absolute atomic E-state index is 0.0267. The van der Waals surface area contributed by atoms with Gasteiger partial charge in [0.25, 0.3) is 0 Å². The molecule has 39 heavy (non-hydrogen) atoms. The van der Waals surface area contributed by atoms with Crippen molar-refractivity contribution in [3.63, 3.8) is 0 Å². The topological polar surface area (TPSA) is 131 Å². The number of benzene rings is 1. The SMILES string of the molecule is C=Cc1cccc(C(C(=O)NC2CCCCC2)N(C(=O)C(CCC(N)=O)NC(=O)OC(C)(C)C)C(C)(C)C)c1. The Morgan fingerprint density at radius 1 is 1.10 bits per heavy atom. The molecule has 9 nitrogen and oxygen atoms in total. The summed E-state index contributed by atoms with van der Waals surface area (Å²) in [6.07, 6.45) is 5.71. The molecule has 2 unspecified atom stereocenters. The molecule has 4 amide bonds. The van der Waals surface area contributed by atoms with E-state index in [1.165, 1.54) is 4.90 Å². The van der Waals surface area contributed by atoms with E-state index >= 15 is 0 Å². The van der Waals surface area contributed by atoms with Crippen molar-refractivity contribution >= 4 is 29.9 Å². The van der Waals surface area contributed by atoms with Crippen LogP contribution >= 0.6 is 0 Å². The van der Waals surface area contributed by atoms with Crippen molar-refractivity contribution in [2.45, 2.75) is 116 Å². The molecule has 1 aliphatic carbocycles. The van der Waals surface area contributed by atoms with E-state index in [1.54, 1.807) is 26.8 Å². The highest BCUT2D eigenvalue weighted by atomic mass is 16.6.